The van der Waals surface area contributed by atoms with Crippen molar-refractivity contribution in [3.63, 3.8) is 0 Å². The second kappa shape index (κ2) is 10.0. The lowest BCUT2D eigenvalue weighted by atomic mass is 9.98. The van der Waals surface area contributed by atoms with Crippen molar-refractivity contribution in [2.45, 2.75) is 32.2 Å². The number of carbonyl (C=O) groups is 3. The molecule has 0 radical (unpaired) electrons. The van der Waals surface area contributed by atoms with Crippen molar-refractivity contribution in [3.05, 3.63) is 71.4 Å². The lowest BCUT2D eigenvalue weighted by Gasteiger charge is -2.22. The number of carboxylic acids is 1. The summed E-state index contributed by atoms with van der Waals surface area (Å²) in [5, 5.41) is 18.3. The maximum absolute atomic E-state index is 12.7. The molecule has 9 heteroatoms. The van der Waals surface area contributed by atoms with E-state index in [0.717, 1.165) is 22.3 Å². The SMILES string of the molecule is CC(C)[C@@H](CC(=O)Nc1cc(C(=O)O)nn1C)NC(=O)OCC1c2ccccc2-c2ccccc21. The van der Waals surface area contributed by atoms with Gasteiger partial charge in [0.15, 0.2) is 5.69 Å². The normalized spacial score (nSPS) is 13.1. The third-order valence-electron chi connectivity index (χ3n) is 6.22. The molecule has 1 heterocycles. The molecule has 0 saturated carbocycles. The molecule has 2 aromatic carbocycles. The molecule has 0 aliphatic heterocycles. The van der Waals surface area contributed by atoms with Crippen molar-refractivity contribution in [1.82, 2.24) is 15.1 Å². The second-order valence-corrected chi connectivity index (χ2v) is 8.92. The van der Waals surface area contributed by atoms with Crippen LogP contribution in [0.15, 0.2) is 54.6 Å². The molecule has 9 nitrogen and oxygen atoms in total. The Morgan fingerprint density at radius 2 is 1.66 bits per heavy atom. The van der Waals surface area contributed by atoms with Gasteiger partial charge in [0.1, 0.15) is 12.4 Å². The summed E-state index contributed by atoms with van der Waals surface area (Å²) < 4.78 is 6.89. The Labute approximate surface area is 203 Å². The molecule has 1 aliphatic carbocycles. The van der Waals surface area contributed by atoms with Crippen molar-refractivity contribution in [2.24, 2.45) is 13.0 Å². The zero-order valence-corrected chi connectivity index (χ0v) is 19.8. The minimum Gasteiger partial charge on any atom is -0.476 e. The van der Waals surface area contributed by atoms with Gasteiger partial charge in [-0.3, -0.25) is 9.48 Å². The number of aryl methyl sites for hydroxylation is 1. The third-order valence-corrected chi connectivity index (χ3v) is 6.22. The summed E-state index contributed by atoms with van der Waals surface area (Å²) in [4.78, 5) is 36.3. The minimum absolute atomic E-state index is 0.00452. The van der Waals surface area contributed by atoms with Gasteiger partial charge in [-0.25, -0.2) is 9.59 Å². The molecule has 182 valence electrons. The zero-order chi connectivity index (χ0) is 25.1. The van der Waals surface area contributed by atoms with E-state index < -0.39 is 18.1 Å². The first-order valence-electron chi connectivity index (χ1n) is 11.4. The van der Waals surface area contributed by atoms with E-state index >= 15 is 0 Å². The van der Waals surface area contributed by atoms with Crippen LogP contribution < -0.4 is 10.6 Å². The van der Waals surface area contributed by atoms with E-state index in [4.69, 9.17) is 9.84 Å². The molecule has 3 N–H and O–H groups in total. The molecule has 1 aromatic heterocycles. The maximum atomic E-state index is 12.7. The maximum Gasteiger partial charge on any atom is 0.407 e. The first kappa shape index (κ1) is 24.0. The number of aromatic carboxylic acids is 1. The molecule has 0 fully saturated rings. The first-order chi connectivity index (χ1) is 16.7. The van der Waals surface area contributed by atoms with E-state index in [0.29, 0.717) is 0 Å². The van der Waals surface area contributed by atoms with Crippen LogP contribution in [0.4, 0.5) is 10.6 Å². The monoisotopic (exact) mass is 476 g/mol. The molecular formula is C26H28N4O5. The van der Waals surface area contributed by atoms with E-state index in [9.17, 15) is 14.4 Å². The van der Waals surface area contributed by atoms with Gasteiger partial charge in [-0.05, 0) is 28.2 Å². The van der Waals surface area contributed by atoms with Crippen LogP contribution in [0.1, 0.15) is 47.8 Å². The number of anilines is 1. The number of aromatic nitrogens is 2. The summed E-state index contributed by atoms with van der Waals surface area (Å²) in [6.45, 7) is 3.98. The number of hydrogen-bond donors (Lipinski definition) is 3. The lowest BCUT2D eigenvalue weighted by molar-refractivity contribution is -0.116. The van der Waals surface area contributed by atoms with Gasteiger partial charge in [-0.2, -0.15) is 5.10 Å². The number of nitrogens with zero attached hydrogens (tertiary/aromatic N) is 2. The minimum atomic E-state index is -1.18. The number of hydrogen-bond acceptors (Lipinski definition) is 5. The Bertz CT molecular complexity index is 1220. The van der Waals surface area contributed by atoms with E-state index in [1.54, 1.807) is 0 Å². The van der Waals surface area contributed by atoms with E-state index in [2.05, 4.69) is 40.0 Å². The number of ether oxygens (including phenoxy) is 1. The van der Waals surface area contributed by atoms with Crippen LogP contribution in [0.2, 0.25) is 0 Å². The van der Waals surface area contributed by atoms with Gasteiger partial charge in [0, 0.05) is 31.5 Å². The van der Waals surface area contributed by atoms with E-state index in [1.165, 1.54) is 17.8 Å². The molecule has 1 aliphatic rings. The number of carbonyl (C=O) groups excluding carboxylic acids is 2. The molecular weight excluding hydrogens is 448 g/mol. The lowest BCUT2D eigenvalue weighted by Crippen LogP contribution is -2.41. The van der Waals surface area contributed by atoms with Crippen molar-refractivity contribution in [1.29, 1.82) is 0 Å². The fourth-order valence-corrected chi connectivity index (χ4v) is 4.33. The highest BCUT2D eigenvalue weighted by atomic mass is 16.5. The molecule has 0 unspecified atom stereocenters. The topological polar surface area (TPSA) is 123 Å². The predicted octanol–water partition coefficient (Wildman–Crippen LogP) is 4.01. The van der Waals surface area contributed by atoms with Gasteiger partial charge in [0.05, 0.1) is 0 Å². The van der Waals surface area contributed by atoms with Gasteiger partial charge < -0.3 is 20.5 Å². The Kier molecular flexibility index (Phi) is 6.86. The second-order valence-electron chi connectivity index (χ2n) is 8.92. The van der Waals surface area contributed by atoms with Crippen LogP contribution in [0, 0.1) is 5.92 Å². The van der Waals surface area contributed by atoms with Gasteiger partial charge in [-0.15, -0.1) is 0 Å². The number of carboxylic acid groups (broad SMARTS) is 1. The fraction of sp³-hybridized carbons (Fsp3) is 0.308. The van der Waals surface area contributed by atoms with Crippen LogP contribution in [-0.4, -0.2) is 45.5 Å². The van der Waals surface area contributed by atoms with Crippen molar-refractivity contribution >= 4 is 23.8 Å². The van der Waals surface area contributed by atoms with Crippen LogP contribution in [0.3, 0.4) is 0 Å². The number of nitrogens with one attached hydrogen (secondary N) is 2. The van der Waals surface area contributed by atoms with E-state index in [-0.39, 0.29) is 42.3 Å². The van der Waals surface area contributed by atoms with Crippen LogP contribution >= 0.6 is 0 Å². The molecule has 1 atom stereocenters. The molecule has 35 heavy (non-hydrogen) atoms. The largest absolute Gasteiger partial charge is 0.476 e. The summed E-state index contributed by atoms with van der Waals surface area (Å²) >= 11 is 0. The van der Waals surface area contributed by atoms with Crippen molar-refractivity contribution in [3.8, 4) is 11.1 Å². The predicted molar refractivity (Wildman–Crippen MR) is 130 cm³/mol. The highest BCUT2D eigenvalue weighted by Crippen LogP contribution is 2.44. The summed E-state index contributed by atoms with van der Waals surface area (Å²) in [6.07, 6.45) is -0.595. The van der Waals surface area contributed by atoms with Crippen LogP contribution in [0.25, 0.3) is 11.1 Å². The Balaban J connectivity index is 1.37. The number of fused-ring (bicyclic) bond motifs is 3. The molecule has 4 rings (SSSR count). The number of benzene rings is 2. The van der Waals surface area contributed by atoms with Gasteiger partial charge in [0.25, 0.3) is 0 Å². The molecule has 0 saturated heterocycles. The molecule has 0 bridgehead atoms. The van der Waals surface area contributed by atoms with E-state index in [1.807, 2.05) is 38.1 Å². The van der Waals surface area contributed by atoms with Crippen molar-refractivity contribution in [2.75, 3.05) is 11.9 Å². The third kappa shape index (κ3) is 5.18. The quantitative estimate of drug-likeness (QED) is 0.452. The summed E-state index contributed by atoms with van der Waals surface area (Å²) in [7, 11) is 1.54. The van der Waals surface area contributed by atoms with Gasteiger partial charge in [0.2, 0.25) is 5.91 Å². The average Bonchev–Trinajstić information content (AvgIpc) is 3.35. The molecule has 2 amide bonds. The van der Waals surface area contributed by atoms with Crippen LogP contribution in [0.5, 0.6) is 0 Å². The number of amides is 2. The smallest absolute Gasteiger partial charge is 0.407 e. The van der Waals surface area contributed by atoms with Crippen LogP contribution in [-0.2, 0) is 16.6 Å². The standard InChI is InChI=1S/C26H28N4O5/c1-15(2)21(13-24(31)28-23-12-22(25(32)33)29-30(23)3)27-26(34)35-14-20-18-10-6-4-8-16(18)17-9-5-7-11-19(17)20/h4-12,15,20-21H,13-14H2,1-3H3,(H,27,34)(H,28,31)(H,32,33)/t21-/m1/s1. The first-order valence-corrected chi connectivity index (χ1v) is 11.4. The average molecular weight is 477 g/mol. The summed E-state index contributed by atoms with van der Waals surface area (Å²) in [6, 6.07) is 17.0. The highest BCUT2D eigenvalue weighted by Gasteiger charge is 2.29. The molecule has 3 aromatic rings. The number of rotatable bonds is 8. The van der Waals surface area contributed by atoms with Gasteiger partial charge >= 0.3 is 12.1 Å². The van der Waals surface area contributed by atoms with Gasteiger partial charge in [-0.1, -0.05) is 62.4 Å². The number of alkyl carbamates (subject to hydrolysis) is 1. The summed E-state index contributed by atoms with van der Waals surface area (Å²) in [5.41, 5.74) is 4.38. The Morgan fingerprint density at radius 3 is 2.20 bits per heavy atom. The Morgan fingerprint density at radius 1 is 1.06 bits per heavy atom. The zero-order valence-electron chi connectivity index (χ0n) is 19.8. The van der Waals surface area contributed by atoms with Crippen molar-refractivity contribution < 1.29 is 24.2 Å². The fourth-order valence-electron chi connectivity index (χ4n) is 4.33. The highest BCUT2D eigenvalue weighted by molar-refractivity contribution is 5.93. The molecule has 0 spiro atoms. The Hall–Kier alpha value is -4.14. The summed E-state index contributed by atoms with van der Waals surface area (Å²) in [5.74, 6) is -1.39.